The molecule has 0 aromatic heterocycles. The van der Waals surface area contributed by atoms with E-state index in [1.165, 1.54) is 83.1 Å². The summed E-state index contributed by atoms with van der Waals surface area (Å²) in [6.45, 7) is 7.04. The van der Waals surface area contributed by atoms with Gasteiger partial charge in [0.05, 0.1) is 5.69 Å². The average molecular weight is 820 g/mol. The fraction of sp³-hybridized carbons (Fsp3) is 0.0794. The van der Waals surface area contributed by atoms with Crippen LogP contribution in [0.25, 0.3) is 55.3 Å². The number of fused-ring (bicyclic) bond motifs is 4. The molecule has 1 heteroatoms. The maximum absolute atomic E-state index is 2.47. The number of rotatable bonds is 9. The fourth-order valence-electron chi connectivity index (χ4n) is 10.3. The fourth-order valence-corrected chi connectivity index (χ4v) is 10.3. The van der Waals surface area contributed by atoms with Crippen molar-refractivity contribution in [2.24, 2.45) is 0 Å². The van der Waals surface area contributed by atoms with Gasteiger partial charge in [0.1, 0.15) is 0 Å². The van der Waals surface area contributed by atoms with E-state index in [9.17, 15) is 0 Å². The Morgan fingerprint density at radius 2 is 0.828 bits per heavy atom. The first-order valence-electron chi connectivity index (χ1n) is 22.4. The van der Waals surface area contributed by atoms with Crippen molar-refractivity contribution in [2.75, 3.05) is 4.90 Å². The molecule has 0 heterocycles. The topological polar surface area (TPSA) is 3.24 Å². The predicted octanol–water partition coefficient (Wildman–Crippen LogP) is 17.0. The van der Waals surface area contributed by atoms with E-state index in [0.29, 0.717) is 0 Å². The molecule has 306 valence electrons. The molecule has 64 heavy (non-hydrogen) atoms. The summed E-state index contributed by atoms with van der Waals surface area (Å²) in [6, 6.07) is 89.2. The first-order valence-corrected chi connectivity index (χ1v) is 22.4. The van der Waals surface area contributed by atoms with Crippen LogP contribution in [0.15, 0.2) is 243 Å². The minimum Gasteiger partial charge on any atom is -0.310 e. The third-order valence-electron chi connectivity index (χ3n) is 13.9. The minimum absolute atomic E-state index is 0.0826. The van der Waals surface area contributed by atoms with Gasteiger partial charge in [0.15, 0.2) is 0 Å². The number of hydrogen-bond donors (Lipinski definition) is 0. The van der Waals surface area contributed by atoms with Crippen molar-refractivity contribution in [3.8, 4) is 44.5 Å². The highest BCUT2D eigenvalue weighted by atomic mass is 15.1. The van der Waals surface area contributed by atoms with Gasteiger partial charge in [-0.1, -0.05) is 226 Å². The van der Waals surface area contributed by atoms with Crippen molar-refractivity contribution < 1.29 is 0 Å². The molecule has 0 spiro atoms. The molecule has 1 aliphatic rings. The zero-order chi connectivity index (χ0) is 43.3. The maximum atomic E-state index is 2.47. The lowest BCUT2D eigenvalue weighted by molar-refractivity contribution is 0.660. The Bertz CT molecular complexity index is 3220. The molecule has 0 fully saturated rings. The second-order valence-electron chi connectivity index (χ2n) is 17.8. The largest absolute Gasteiger partial charge is 0.310 e. The van der Waals surface area contributed by atoms with Gasteiger partial charge in [-0.2, -0.15) is 0 Å². The third-order valence-corrected chi connectivity index (χ3v) is 13.9. The zero-order valence-corrected chi connectivity index (χ0v) is 36.5. The van der Waals surface area contributed by atoms with E-state index >= 15 is 0 Å². The van der Waals surface area contributed by atoms with Crippen molar-refractivity contribution in [3.05, 3.63) is 270 Å². The van der Waals surface area contributed by atoms with E-state index in [1.54, 1.807) is 0 Å². The normalized spacial score (nSPS) is 12.7. The second kappa shape index (κ2) is 15.9. The van der Waals surface area contributed by atoms with Crippen LogP contribution in [0.3, 0.4) is 0 Å². The van der Waals surface area contributed by atoms with Crippen LogP contribution < -0.4 is 4.90 Å². The number of anilines is 3. The highest BCUT2D eigenvalue weighted by Crippen LogP contribution is 2.52. The Kier molecular flexibility index (Phi) is 9.70. The summed E-state index contributed by atoms with van der Waals surface area (Å²) >= 11 is 0. The smallest absolute Gasteiger partial charge is 0.0546 e. The van der Waals surface area contributed by atoms with Gasteiger partial charge in [0.25, 0.3) is 0 Å². The van der Waals surface area contributed by atoms with Gasteiger partial charge in [0, 0.05) is 27.8 Å². The zero-order valence-electron chi connectivity index (χ0n) is 36.5. The molecule has 1 nitrogen and oxygen atoms in total. The van der Waals surface area contributed by atoms with Gasteiger partial charge >= 0.3 is 0 Å². The number of hydrogen-bond acceptors (Lipinski definition) is 1. The molecule has 10 aromatic rings. The lowest BCUT2D eigenvalue weighted by Gasteiger charge is -2.32. The van der Waals surface area contributed by atoms with Crippen LogP contribution in [-0.2, 0) is 10.8 Å². The average Bonchev–Trinajstić information content (AvgIpc) is 3.60. The van der Waals surface area contributed by atoms with Crippen molar-refractivity contribution in [1.29, 1.82) is 0 Å². The molecule has 0 N–H and O–H groups in total. The molecular weight excluding hydrogens is 771 g/mol. The van der Waals surface area contributed by atoms with E-state index in [1.807, 2.05) is 0 Å². The van der Waals surface area contributed by atoms with Crippen LogP contribution in [0.2, 0.25) is 0 Å². The van der Waals surface area contributed by atoms with E-state index in [0.717, 1.165) is 17.1 Å². The molecule has 0 atom stereocenters. The summed E-state index contributed by atoms with van der Waals surface area (Å²) in [4.78, 5) is 2.47. The van der Waals surface area contributed by atoms with Crippen LogP contribution >= 0.6 is 0 Å². The van der Waals surface area contributed by atoms with E-state index in [-0.39, 0.29) is 10.8 Å². The Morgan fingerprint density at radius 3 is 1.48 bits per heavy atom. The monoisotopic (exact) mass is 819 g/mol. The highest BCUT2D eigenvalue weighted by Gasteiger charge is 2.36. The van der Waals surface area contributed by atoms with Crippen LogP contribution in [-0.4, -0.2) is 0 Å². The van der Waals surface area contributed by atoms with Gasteiger partial charge < -0.3 is 4.90 Å². The van der Waals surface area contributed by atoms with Gasteiger partial charge in [0.2, 0.25) is 0 Å². The predicted molar refractivity (Wildman–Crippen MR) is 271 cm³/mol. The SMILES string of the molecule is CC1(C)c2ccccc2-c2cc(N(c3ccc(-c4ccc(C(C)(c5ccccc5)c5ccccc5)cc4)cc3)c3ccc4ccccc4c3-c3ccc(-c4ccccc4)cc3)ccc21. The second-order valence-corrected chi connectivity index (χ2v) is 17.8. The summed E-state index contributed by atoms with van der Waals surface area (Å²) < 4.78 is 0. The number of nitrogens with zero attached hydrogens (tertiary/aromatic N) is 1. The lowest BCUT2D eigenvalue weighted by Crippen LogP contribution is -2.25. The van der Waals surface area contributed by atoms with Crippen molar-refractivity contribution in [3.63, 3.8) is 0 Å². The lowest BCUT2D eigenvalue weighted by atomic mass is 9.71. The van der Waals surface area contributed by atoms with Gasteiger partial charge in [-0.25, -0.2) is 0 Å². The summed E-state index contributed by atoms with van der Waals surface area (Å²) in [5, 5.41) is 2.44. The van der Waals surface area contributed by atoms with E-state index < -0.39 is 0 Å². The van der Waals surface area contributed by atoms with Crippen molar-refractivity contribution in [1.82, 2.24) is 0 Å². The Balaban J connectivity index is 1.04. The summed E-state index contributed by atoms with van der Waals surface area (Å²) in [5.74, 6) is 0. The molecule has 0 unspecified atom stereocenters. The Morgan fingerprint density at radius 1 is 0.359 bits per heavy atom. The molecular formula is C63H49N. The summed E-state index contributed by atoms with van der Waals surface area (Å²) in [7, 11) is 0. The van der Waals surface area contributed by atoms with Gasteiger partial charge in [-0.05, 0) is 115 Å². The quantitative estimate of drug-likeness (QED) is 0.131. The minimum atomic E-state index is -0.295. The molecule has 0 aliphatic heterocycles. The molecule has 0 amide bonds. The van der Waals surface area contributed by atoms with Crippen LogP contribution in [0.1, 0.15) is 48.6 Å². The van der Waals surface area contributed by atoms with E-state index in [4.69, 9.17) is 0 Å². The van der Waals surface area contributed by atoms with Crippen LogP contribution in [0.5, 0.6) is 0 Å². The van der Waals surface area contributed by atoms with Crippen LogP contribution in [0.4, 0.5) is 17.1 Å². The molecule has 0 saturated heterocycles. The number of benzene rings is 10. The molecule has 10 aromatic carbocycles. The Hall–Kier alpha value is -7.74. The maximum Gasteiger partial charge on any atom is 0.0546 e. The molecule has 0 radical (unpaired) electrons. The first kappa shape index (κ1) is 39.1. The van der Waals surface area contributed by atoms with Crippen molar-refractivity contribution in [2.45, 2.75) is 31.6 Å². The summed E-state index contributed by atoms with van der Waals surface area (Å²) in [6.07, 6.45) is 0. The van der Waals surface area contributed by atoms with E-state index in [2.05, 4.69) is 268 Å². The molecule has 0 bridgehead atoms. The summed E-state index contributed by atoms with van der Waals surface area (Å²) in [5.41, 5.74) is 19.3. The molecule has 11 rings (SSSR count). The van der Waals surface area contributed by atoms with Gasteiger partial charge in [-0.3, -0.25) is 0 Å². The third kappa shape index (κ3) is 6.64. The standard InChI is InChI=1S/C63H49N/c1-62(2)58-26-16-15-25-56(58)57-43-54(40-41-59(57)62)64(60-42-35-48-19-13-14-24-55(48)61(60)49-29-27-45(28-30-49)44-17-7-4-8-18-44)53-38-33-47(34-39-53)46-31-36-52(37-32-46)63(3,50-20-9-5-10-21-50)51-22-11-6-12-23-51/h4-43H,1-3H3. The molecule has 1 aliphatic carbocycles. The van der Waals surface area contributed by atoms with Gasteiger partial charge in [-0.15, -0.1) is 0 Å². The highest BCUT2D eigenvalue weighted by molar-refractivity contribution is 6.06. The molecule has 0 saturated carbocycles. The Labute approximate surface area is 377 Å². The van der Waals surface area contributed by atoms with Crippen LogP contribution in [0, 0.1) is 0 Å². The first-order chi connectivity index (χ1) is 31.4. The van der Waals surface area contributed by atoms with Crippen molar-refractivity contribution >= 4 is 27.8 Å².